The van der Waals surface area contributed by atoms with E-state index >= 15 is 0 Å². The molecule has 0 aliphatic heterocycles. The van der Waals surface area contributed by atoms with Crippen molar-refractivity contribution in [1.82, 2.24) is 10.8 Å². The number of benzene rings is 1. The number of aliphatic hydroxyl groups is 1. The van der Waals surface area contributed by atoms with Crippen LogP contribution in [0.15, 0.2) is 37.4 Å². The van der Waals surface area contributed by atoms with Gasteiger partial charge in [0.1, 0.15) is 11.8 Å². The number of ketones is 1. The summed E-state index contributed by atoms with van der Waals surface area (Å²) in [6.07, 6.45) is -1.95. The molecule has 7 nitrogen and oxygen atoms in total. The molecule has 1 aromatic carbocycles. The summed E-state index contributed by atoms with van der Waals surface area (Å²) in [4.78, 5) is 35.0. The molecule has 168 valence electrons. The first-order valence-corrected chi connectivity index (χ1v) is 9.42. The van der Waals surface area contributed by atoms with Crippen molar-refractivity contribution in [2.24, 2.45) is 11.8 Å². The van der Waals surface area contributed by atoms with E-state index in [-0.39, 0.29) is 17.3 Å². The van der Waals surface area contributed by atoms with E-state index in [1.54, 1.807) is 19.1 Å². The molecule has 2 rings (SSSR count). The Labute approximate surface area is 179 Å². The van der Waals surface area contributed by atoms with E-state index < -0.39 is 29.9 Å². The Morgan fingerprint density at radius 3 is 2.32 bits per heavy atom. The first-order chi connectivity index (χ1) is 14.6. The number of hydrogen-bond donors (Lipinski definition) is 4. The van der Waals surface area contributed by atoms with E-state index in [0.717, 1.165) is 11.9 Å². The van der Waals surface area contributed by atoms with Gasteiger partial charge in [-0.15, -0.1) is 13.2 Å². The van der Waals surface area contributed by atoms with Crippen molar-refractivity contribution in [1.29, 1.82) is 0 Å². The zero-order chi connectivity index (χ0) is 23.8. The molecule has 4 unspecified atom stereocenters. The average Bonchev–Trinajstić information content (AvgIpc) is 3.48. The molecule has 2 amide bonds. The van der Waals surface area contributed by atoms with Crippen LogP contribution in [0.25, 0.3) is 0 Å². The van der Waals surface area contributed by atoms with Gasteiger partial charge in [-0.05, 0) is 50.5 Å². The molecule has 9 heteroatoms. The maximum Gasteiger partial charge on any atom is 0.269 e. The number of rotatable bonds is 7. The molecule has 4 atom stereocenters. The fourth-order valence-corrected chi connectivity index (χ4v) is 2.78. The minimum Gasteiger partial charge on any atom is -0.381 e. The summed E-state index contributed by atoms with van der Waals surface area (Å²) in [5, 5.41) is 20.5. The van der Waals surface area contributed by atoms with Crippen molar-refractivity contribution in [3.63, 3.8) is 0 Å². The van der Waals surface area contributed by atoms with Gasteiger partial charge in [0.25, 0.3) is 18.2 Å². The highest BCUT2D eigenvalue weighted by Crippen LogP contribution is 2.40. The predicted molar refractivity (Wildman–Crippen MR) is 109 cm³/mol. The van der Waals surface area contributed by atoms with Crippen LogP contribution in [0.3, 0.4) is 0 Å². The molecule has 4 N–H and O–H groups in total. The van der Waals surface area contributed by atoms with E-state index in [1.165, 1.54) is 12.1 Å². The van der Waals surface area contributed by atoms with Gasteiger partial charge in [-0.3, -0.25) is 14.8 Å². The molecule has 0 heterocycles. The third kappa shape index (κ3) is 7.27. The van der Waals surface area contributed by atoms with Gasteiger partial charge in [0.15, 0.2) is 5.60 Å². The van der Waals surface area contributed by atoms with Gasteiger partial charge < -0.3 is 15.2 Å². The van der Waals surface area contributed by atoms with Crippen LogP contribution in [0.2, 0.25) is 0 Å². The number of carbonyl (C=O) groups excluding carboxylic acids is 3. The molecular weight excluding hydrogens is 410 g/mol. The molecule has 1 aromatic rings. The van der Waals surface area contributed by atoms with E-state index in [9.17, 15) is 28.3 Å². The molecule has 1 aliphatic rings. The zero-order valence-electron chi connectivity index (χ0n) is 17.3. The molecule has 0 bridgehead atoms. The third-order valence-corrected chi connectivity index (χ3v) is 4.70. The molecule has 0 aromatic heterocycles. The van der Waals surface area contributed by atoms with E-state index in [0.29, 0.717) is 24.8 Å². The third-order valence-electron chi connectivity index (χ3n) is 4.70. The second kappa shape index (κ2) is 11.3. The SMILES string of the molecule is C=C.CC(=O)CC1CC1C#Cc1ccc(C(=O)NC(C(=O)NO)C(C)(O)C(F)F)cc1. The summed E-state index contributed by atoms with van der Waals surface area (Å²) in [7, 11) is 0. The smallest absolute Gasteiger partial charge is 0.269 e. The molecule has 0 saturated heterocycles. The van der Waals surface area contributed by atoms with E-state index in [4.69, 9.17) is 5.21 Å². The molecule has 0 spiro atoms. The lowest BCUT2D eigenvalue weighted by Gasteiger charge is -2.30. The van der Waals surface area contributed by atoms with Gasteiger partial charge in [-0.1, -0.05) is 11.8 Å². The van der Waals surface area contributed by atoms with Gasteiger partial charge in [0.05, 0.1) is 0 Å². The predicted octanol–water partition coefficient (Wildman–Crippen LogP) is 2.08. The average molecular weight is 436 g/mol. The monoisotopic (exact) mass is 436 g/mol. The maximum atomic E-state index is 13.0. The lowest BCUT2D eigenvalue weighted by Crippen LogP contribution is -2.61. The normalized spacial score (nSPS) is 19.5. The lowest BCUT2D eigenvalue weighted by molar-refractivity contribution is -0.149. The largest absolute Gasteiger partial charge is 0.381 e. The van der Waals surface area contributed by atoms with E-state index in [2.05, 4.69) is 25.0 Å². The van der Waals surface area contributed by atoms with Crippen LogP contribution in [0.4, 0.5) is 8.78 Å². The number of amides is 2. The van der Waals surface area contributed by atoms with Crippen LogP contribution in [0.5, 0.6) is 0 Å². The van der Waals surface area contributed by atoms with Crippen molar-refractivity contribution < 1.29 is 33.5 Å². The highest BCUT2D eigenvalue weighted by atomic mass is 19.3. The number of halogens is 2. The second-order valence-electron chi connectivity index (χ2n) is 7.26. The summed E-state index contributed by atoms with van der Waals surface area (Å²) >= 11 is 0. The first-order valence-electron chi connectivity index (χ1n) is 9.42. The fraction of sp³-hybridized carbons (Fsp3) is 0.409. The van der Waals surface area contributed by atoms with Crippen molar-refractivity contribution in [3.8, 4) is 11.8 Å². The maximum absolute atomic E-state index is 13.0. The Balaban J connectivity index is 0.00000233. The van der Waals surface area contributed by atoms with Crippen LogP contribution >= 0.6 is 0 Å². The molecule has 1 fully saturated rings. The number of Topliss-reactive ketones (excluding diaryl/α,β-unsaturated/α-hetero) is 1. The Kier molecular flexibility index (Phi) is 9.49. The van der Waals surface area contributed by atoms with Crippen molar-refractivity contribution >= 4 is 17.6 Å². The number of hydrogen-bond acceptors (Lipinski definition) is 5. The Hall–Kier alpha value is -3.09. The molecule has 1 saturated carbocycles. The van der Waals surface area contributed by atoms with Crippen molar-refractivity contribution in [2.45, 2.75) is 44.8 Å². The van der Waals surface area contributed by atoms with Crippen LogP contribution in [-0.2, 0) is 9.59 Å². The number of carbonyl (C=O) groups is 3. The summed E-state index contributed by atoms with van der Waals surface area (Å²) < 4.78 is 26.0. The van der Waals surface area contributed by atoms with Crippen molar-refractivity contribution in [2.75, 3.05) is 0 Å². The first kappa shape index (κ1) is 25.9. The van der Waals surface area contributed by atoms with Crippen LogP contribution < -0.4 is 10.8 Å². The molecular formula is C22H26F2N2O5. The number of alkyl halides is 2. The molecule has 1 aliphatic carbocycles. The minimum atomic E-state index is -3.35. The number of hydroxylamine groups is 1. The van der Waals surface area contributed by atoms with Gasteiger partial charge >= 0.3 is 0 Å². The quantitative estimate of drug-likeness (QED) is 0.226. The Morgan fingerprint density at radius 1 is 1.26 bits per heavy atom. The Morgan fingerprint density at radius 2 is 1.84 bits per heavy atom. The lowest BCUT2D eigenvalue weighted by atomic mass is 9.95. The topological polar surface area (TPSA) is 116 Å². The summed E-state index contributed by atoms with van der Waals surface area (Å²) in [5.74, 6) is 4.36. The molecule has 31 heavy (non-hydrogen) atoms. The van der Waals surface area contributed by atoms with Crippen molar-refractivity contribution in [3.05, 3.63) is 48.6 Å². The second-order valence-corrected chi connectivity index (χ2v) is 7.26. The van der Waals surface area contributed by atoms with Gasteiger partial charge in [-0.2, -0.15) is 0 Å². The zero-order valence-corrected chi connectivity index (χ0v) is 17.3. The molecule has 0 radical (unpaired) electrons. The minimum absolute atomic E-state index is 0.0530. The van der Waals surface area contributed by atoms with Gasteiger partial charge in [0, 0.05) is 23.5 Å². The summed E-state index contributed by atoms with van der Waals surface area (Å²) in [6, 6.07) is 3.81. The summed E-state index contributed by atoms with van der Waals surface area (Å²) in [5.41, 5.74) is -1.06. The Bertz CT molecular complexity index is 859. The summed E-state index contributed by atoms with van der Waals surface area (Å²) in [6.45, 7) is 8.22. The highest BCUT2D eigenvalue weighted by molar-refractivity contribution is 5.97. The van der Waals surface area contributed by atoms with Gasteiger partial charge in [-0.25, -0.2) is 14.3 Å². The highest BCUT2D eigenvalue weighted by Gasteiger charge is 2.46. The fourth-order valence-electron chi connectivity index (χ4n) is 2.78. The van der Waals surface area contributed by atoms with Crippen LogP contribution in [0.1, 0.15) is 42.6 Å². The van der Waals surface area contributed by atoms with Gasteiger partial charge in [0.2, 0.25) is 0 Å². The van der Waals surface area contributed by atoms with E-state index in [1.807, 2.05) is 5.32 Å². The number of nitrogens with one attached hydrogen (secondary N) is 2. The van der Waals surface area contributed by atoms with Crippen LogP contribution in [-0.4, -0.2) is 46.0 Å². The standard InChI is InChI=1S/C20H22F2N2O5.C2H4/c1-11(25)9-15-10-14(15)8-5-12-3-6-13(7-4-12)17(26)23-16(18(27)24-29)20(2,28)19(21)22;1-2/h3-4,6-7,14-16,19,28-29H,9-10H2,1-2H3,(H,23,26)(H,24,27);1-2H2. The van der Waals surface area contributed by atoms with Crippen LogP contribution in [0, 0.1) is 23.7 Å².